The standard InChI is InChI=1S/C15H15NO/c1-3-16(2)13-9-6-8-12-11-7-4-5-10-14(11)17-15(12)13/h4-10H,3H2,1-2H3. The highest BCUT2D eigenvalue weighted by molar-refractivity contribution is 6.08. The zero-order valence-electron chi connectivity index (χ0n) is 10.1. The first kappa shape index (κ1) is 10.2. The predicted octanol–water partition coefficient (Wildman–Crippen LogP) is 4.04. The predicted molar refractivity (Wildman–Crippen MR) is 72.7 cm³/mol. The van der Waals surface area contributed by atoms with E-state index in [-0.39, 0.29) is 0 Å². The van der Waals surface area contributed by atoms with E-state index in [1.54, 1.807) is 0 Å². The number of furan rings is 1. The quantitative estimate of drug-likeness (QED) is 0.654. The molecule has 2 aromatic carbocycles. The molecule has 0 aliphatic rings. The lowest BCUT2D eigenvalue weighted by Gasteiger charge is -2.16. The smallest absolute Gasteiger partial charge is 0.158 e. The molecule has 0 radical (unpaired) electrons. The number of benzene rings is 2. The second-order valence-corrected chi connectivity index (χ2v) is 4.27. The maximum absolute atomic E-state index is 5.96. The third-order valence-electron chi connectivity index (χ3n) is 3.27. The van der Waals surface area contributed by atoms with Crippen LogP contribution in [0.4, 0.5) is 5.69 Å². The van der Waals surface area contributed by atoms with Gasteiger partial charge < -0.3 is 9.32 Å². The molecule has 0 aliphatic heterocycles. The van der Waals surface area contributed by atoms with Crippen LogP contribution in [0, 0.1) is 0 Å². The molecular weight excluding hydrogens is 210 g/mol. The van der Waals surface area contributed by atoms with Gasteiger partial charge in [0.15, 0.2) is 5.58 Å². The maximum atomic E-state index is 5.96. The van der Waals surface area contributed by atoms with E-state index in [1.165, 1.54) is 10.8 Å². The summed E-state index contributed by atoms with van der Waals surface area (Å²) in [5.41, 5.74) is 3.10. The molecule has 0 fully saturated rings. The lowest BCUT2D eigenvalue weighted by molar-refractivity contribution is 0.667. The van der Waals surface area contributed by atoms with Gasteiger partial charge in [-0.05, 0) is 19.1 Å². The Morgan fingerprint density at radius 3 is 2.59 bits per heavy atom. The van der Waals surface area contributed by atoms with Crippen molar-refractivity contribution >= 4 is 27.6 Å². The zero-order chi connectivity index (χ0) is 11.8. The van der Waals surface area contributed by atoms with E-state index in [2.05, 4.69) is 43.1 Å². The maximum Gasteiger partial charge on any atom is 0.158 e. The number of hydrogen-bond donors (Lipinski definition) is 0. The van der Waals surface area contributed by atoms with Gasteiger partial charge in [-0.2, -0.15) is 0 Å². The summed E-state index contributed by atoms with van der Waals surface area (Å²) in [4.78, 5) is 2.20. The highest BCUT2D eigenvalue weighted by atomic mass is 16.3. The third-order valence-corrected chi connectivity index (χ3v) is 3.27. The van der Waals surface area contributed by atoms with E-state index in [1.807, 2.05) is 18.2 Å². The number of para-hydroxylation sites is 2. The Hall–Kier alpha value is -1.96. The summed E-state index contributed by atoms with van der Waals surface area (Å²) in [7, 11) is 2.09. The Bertz CT molecular complexity index is 669. The van der Waals surface area contributed by atoms with Gasteiger partial charge in [-0.1, -0.05) is 30.3 Å². The van der Waals surface area contributed by atoms with Crippen molar-refractivity contribution in [3.8, 4) is 0 Å². The van der Waals surface area contributed by atoms with Gasteiger partial charge >= 0.3 is 0 Å². The fourth-order valence-corrected chi connectivity index (χ4v) is 2.20. The molecular formula is C15H15NO. The molecule has 0 bridgehead atoms. The molecule has 1 heterocycles. The zero-order valence-corrected chi connectivity index (χ0v) is 10.1. The van der Waals surface area contributed by atoms with Gasteiger partial charge in [0.25, 0.3) is 0 Å². The fourth-order valence-electron chi connectivity index (χ4n) is 2.20. The average Bonchev–Trinajstić information content (AvgIpc) is 2.76. The minimum Gasteiger partial charge on any atom is -0.454 e. The van der Waals surface area contributed by atoms with Crippen molar-refractivity contribution in [1.82, 2.24) is 0 Å². The Labute approximate surface area is 100 Å². The summed E-state index contributed by atoms with van der Waals surface area (Å²) >= 11 is 0. The number of nitrogens with zero attached hydrogens (tertiary/aromatic N) is 1. The van der Waals surface area contributed by atoms with Crippen molar-refractivity contribution in [3.05, 3.63) is 42.5 Å². The summed E-state index contributed by atoms with van der Waals surface area (Å²) in [6.45, 7) is 3.11. The first-order valence-corrected chi connectivity index (χ1v) is 5.92. The molecule has 86 valence electrons. The second kappa shape index (κ2) is 3.81. The van der Waals surface area contributed by atoms with Crippen LogP contribution < -0.4 is 4.90 Å². The first-order chi connectivity index (χ1) is 8.31. The van der Waals surface area contributed by atoms with Gasteiger partial charge in [0.1, 0.15) is 5.58 Å². The van der Waals surface area contributed by atoms with Crippen LogP contribution in [0.5, 0.6) is 0 Å². The van der Waals surface area contributed by atoms with Gasteiger partial charge in [0.2, 0.25) is 0 Å². The van der Waals surface area contributed by atoms with E-state index < -0.39 is 0 Å². The van der Waals surface area contributed by atoms with Crippen molar-refractivity contribution < 1.29 is 4.42 Å². The van der Waals surface area contributed by atoms with Crippen LogP contribution in [0.15, 0.2) is 46.9 Å². The highest BCUT2D eigenvalue weighted by Gasteiger charge is 2.11. The Morgan fingerprint density at radius 2 is 1.76 bits per heavy atom. The van der Waals surface area contributed by atoms with E-state index in [9.17, 15) is 0 Å². The molecule has 0 atom stereocenters. The summed E-state index contributed by atoms with van der Waals surface area (Å²) in [5, 5.41) is 2.38. The van der Waals surface area contributed by atoms with Crippen molar-refractivity contribution in [3.63, 3.8) is 0 Å². The van der Waals surface area contributed by atoms with Crippen LogP contribution in [0.25, 0.3) is 21.9 Å². The summed E-state index contributed by atoms with van der Waals surface area (Å²) in [6.07, 6.45) is 0. The van der Waals surface area contributed by atoms with Crippen LogP contribution in [-0.2, 0) is 0 Å². The second-order valence-electron chi connectivity index (χ2n) is 4.27. The van der Waals surface area contributed by atoms with Crippen LogP contribution >= 0.6 is 0 Å². The van der Waals surface area contributed by atoms with E-state index in [4.69, 9.17) is 4.42 Å². The number of anilines is 1. The molecule has 0 saturated heterocycles. The molecule has 0 spiro atoms. The average molecular weight is 225 g/mol. The minimum atomic E-state index is 0.958. The van der Waals surface area contributed by atoms with E-state index in [0.29, 0.717) is 0 Å². The largest absolute Gasteiger partial charge is 0.454 e. The summed E-state index contributed by atoms with van der Waals surface area (Å²) < 4.78 is 5.96. The van der Waals surface area contributed by atoms with Gasteiger partial charge in [-0.15, -0.1) is 0 Å². The monoisotopic (exact) mass is 225 g/mol. The molecule has 0 aliphatic carbocycles. The Morgan fingerprint density at radius 1 is 1.00 bits per heavy atom. The number of rotatable bonds is 2. The highest BCUT2D eigenvalue weighted by Crippen LogP contribution is 2.34. The molecule has 3 rings (SSSR count). The van der Waals surface area contributed by atoms with Crippen molar-refractivity contribution in [2.45, 2.75) is 6.92 Å². The third kappa shape index (κ3) is 1.48. The topological polar surface area (TPSA) is 16.4 Å². The molecule has 0 unspecified atom stereocenters. The van der Waals surface area contributed by atoms with Gasteiger partial charge in [-0.3, -0.25) is 0 Å². The van der Waals surface area contributed by atoms with Crippen LogP contribution in [0.1, 0.15) is 6.92 Å². The fraction of sp³-hybridized carbons (Fsp3) is 0.200. The lowest BCUT2D eigenvalue weighted by Crippen LogP contribution is -2.15. The van der Waals surface area contributed by atoms with E-state index >= 15 is 0 Å². The lowest BCUT2D eigenvalue weighted by atomic mass is 10.1. The Balaban J connectivity index is 2.39. The van der Waals surface area contributed by atoms with Gasteiger partial charge in [0.05, 0.1) is 5.69 Å². The molecule has 3 aromatic rings. The Kier molecular flexibility index (Phi) is 2.29. The van der Waals surface area contributed by atoms with Crippen LogP contribution in [0.2, 0.25) is 0 Å². The summed E-state index contributed by atoms with van der Waals surface area (Å²) in [6, 6.07) is 14.5. The molecule has 2 heteroatoms. The van der Waals surface area contributed by atoms with Crippen LogP contribution in [-0.4, -0.2) is 13.6 Å². The first-order valence-electron chi connectivity index (χ1n) is 5.92. The van der Waals surface area contributed by atoms with Crippen molar-refractivity contribution in [1.29, 1.82) is 0 Å². The van der Waals surface area contributed by atoms with Crippen LogP contribution in [0.3, 0.4) is 0 Å². The molecule has 1 aromatic heterocycles. The van der Waals surface area contributed by atoms with Gasteiger partial charge in [-0.25, -0.2) is 0 Å². The molecule has 0 saturated carbocycles. The van der Waals surface area contributed by atoms with Crippen molar-refractivity contribution in [2.24, 2.45) is 0 Å². The number of hydrogen-bond acceptors (Lipinski definition) is 2. The minimum absolute atomic E-state index is 0.958. The summed E-state index contributed by atoms with van der Waals surface area (Å²) in [5.74, 6) is 0. The molecule has 0 N–H and O–H groups in total. The van der Waals surface area contributed by atoms with Crippen molar-refractivity contribution in [2.75, 3.05) is 18.5 Å². The van der Waals surface area contributed by atoms with E-state index in [0.717, 1.165) is 23.4 Å². The SMILES string of the molecule is CCN(C)c1cccc2c1oc1ccccc12. The normalized spacial score (nSPS) is 11.2. The van der Waals surface area contributed by atoms with Gasteiger partial charge in [0, 0.05) is 24.4 Å². The molecule has 0 amide bonds. The molecule has 2 nitrogen and oxygen atoms in total. The molecule has 17 heavy (non-hydrogen) atoms. The number of fused-ring (bicyclic) bond motifs is 3.